The summed E-state index contributed by atoms with van der Waals surface area (Å²) in [6.45, 7) is 1.33. The van der Waals surface area contributed by atoms with Crippen molar-refractivity contribution in [1.82, 2.24) is 0 Å². The molecule has 7 unspecified atom stereocenters. The third kappa shape index (κ3) is 1.06. The molecule has 4 aliphatic rings. The third-order valence-electron chi connectivity index (χ3n) is 6.25. The van der Waals surface area contributed by atoms with Crippen molar-refractivity contribution >= 4 is 6.47 Å². The molecule has 0 amide bonds. The Morgan fingerprint density at radius 3 is 2.62 bits per heavy atom. The molecule has 2 heteroatoms. The first-order valence-electron chi connectivity index (χ1n) is 6.93. The number of fused-ring (bicyclic) bond motifs is 9. The van der Waals surface area contributed by atoms with Crippen LogP contribution in [0.4, 0.5) is 0 Å². The van der Waals surface area contributed by atoms with Crippen molar-refractivity contribution in [3.05, 3.63) is 0 Å². The van der Waals surface area contributed by atoms with Crippen molar-refractivity contribution in [2.45, 2.75) is 32.1 Å². The Kier molecular flexibility index (Phi) is 1.92. The summed E-state index contributed by atoms with van der Waals surface area (Å²) in [6, 6.07) is 0. The van der Waals surface area contributed by atoms with Crippen molar-refractivity contribution in [2.24, 2.45) is 41.4 Å². The predicted molar refractivity (Wildman–Crippen MR) is 59.5 cm³/mol. The van der Waals surface area contributed by atoms with Gasteiger partial charge in [0, 0.05) is 0 Å². The van der Waals surface area contributed by atoms with Crippen molar-refractivity contribution in [1.29, 1.82) is 0 Å². The Morgan fingerprint density at radius 2 is 1.81 bits per heavy atom. The van der Waals surface area contributed by atoms with Crippen LogP contribution in [0.25, 0.3) is 0 Å². The number of hydrogen-bond acceptors (Lipinski definition) is 2. The maximum absolute atomic E-state index is 10.3. The lowest BCUT2D eigenvalue weighted by Crippen LogP contribution is -2.34. The van der Waals surface area contributed by atoms with Gasteiger partial charge in [0.1, 0.15) is 0 Å². The molecule has 0 aromatic carbocycles. The molecular formula is C14H20O2. The van der Waals surface area contributed by atoms with Gasteiger partial charge in [-0.3, -0.25) is 4.79 Å². The van der Waals surface area contributed by atoms with Crippen LogP contribution < -0.4 is 0 Å². The number of hydrogen-bond donors (Lipinski definition) is 0. The van der Waals surface area contributed by atoms with Crippen molar-refractivity contribution in [3.8, 4) is 0 Å². The maximum Gasteiger partial charge on any atom is 0.293 e. The van der Waals surface area contributed by atoms with Gasteiger partial charge < -0.3 is 4.74 Å². The Labute approximate surface area is 96.7 Å². The minimum absolute atomic E-state index is 0.629. The maximum atomic E-state index is 10.3. The minimum atomic E-state index is 0.629. The Morgan fingerprint density at radius 1 is 1.00 bits per heavy atom. The Bertz CT molecular complexity index is 314. The van der Waals surface area contributed by atoms with Gasteiger partial charge in [0.25, 0.3) is 6.47 Å². The molecule has 7 atom stereocenters. The fourth-order valence-corrected chi connectivity index (χ4v) is 6.06. The fourth-order valence-electron chi connectivity index (χ4n) is 6.06. The fraction of sp³-hybridized carbons (Fsp3) is 0.929. The van der Waals surface area contributed by atoms with E-state index in [1.807, 2.05) is 0 Å². The SMILES string of the molecule is O=COCC1CC2CC1C1C3CCC(C3)C21. The smallest absolute Gasteiger partial charge is 0.293 e. The molecule has 0 aromatic rings. The molecule has 4 rings (SSSR count). The quantitative estimate of drug-likeness (QED) is 0.539. The lowest BCUT2D eigenvalue weighted by atomic mass is 9.68. The van der Waals surface area contributed by atoms with Gasteiger partial charge in [0.15, 0.2) is 0 Å². The van der Waals surface area contributed by atoms with Gasteiger partial charge in [-0.1, -0.05) is 0 Å². The van der Waals surface area contributed by atoms with Crippen molar-refractivity contribution in [2.75, 3.05) is 6.61 Å². The van der Waals surface area contributed by atoms with E-state index >= 15 is 0 Å². The summed E-state index contributed by atoms with van der Waals surface area (Å²) < 4.78 is 5.02. The summed E-state index contributed by atoms with van der Waals surface area (Å²) in [6.07, 6.45) is 7.35. The van der Waals surface area contributed by atoms with E-state index in [-0.39, 0.29) is 0 Å². The first kappa shape index (κ1) is 9.49. The van der Waals surface area contributed by atoms with Crippen LogP contribution in [-0.2, 0) is 9.53 Å². The van der Waals surface area contributed by atoms with Crippen LogP contribution in [0, 0.1) is 41.4 Å². The molecule has 0 aromatic heterocycles. The molecule has 88 valence electrons. The van der Waals surface area contributed by atoms with Gasteiger partial charge in [0.05, 0.1) is 6.61 Å². The molecule has 0 N–H and O–H groups in total. The zero-order valence-electron chi connectivity index (χ0n) is 9.68. The molecule has 4 fully saturated rings. The second-order valence-electron chi connectivity index (χ2n) is 6.57. The highest BCUT2D eigenvalue weighted by Gasteiger charge is 2.62. The summed E-state index contributed by atoms with van der Waals surface area (Å²) in [7, 11) is 0. The summed E-state index contributed by atoms with van der Waals surface area (Å²) in [4.78, 5) is 10.3. The highest BCUT2D eigenvalue weighted by atomic mass is 16.5. The van der Waals surface area contributed by atoms with E-state index in [2.05, 4.69) is 0 Å². The molecule has 0 radical (unpaired) electrons. The second-order valence-corrected chi connectivity index (χ2v) is 6.57. The van der Waals surface area contributed by atoms with E-state index in [9.17, 15) is 4.79 Å². The van der Waals surface area contributed by atoms with Crippen molar-refractivity contribution < 1.29 is 9.53 Å². The van der Waals surface area contributed by atoms with Crippen molar-refractivity contribution in [3.63, 3.8) is 0 Å². The molecule has 0 spiro atoms. The van der Waals surface area contributed by atoms with Gasteiger partial charge in [-0.15, -0.1) is 0 Å². The monoisotopic (exact) mass is 220 g/mol. The average molecular weight is 220 g/mol. The van der Waals surface area contributed by atoms with E-state index < -0.39 is 0 Å². The molecule has 2 nitrogen and oxygen atoms in total. The van der Waals surface area contributed by atoms with E-state index in [1.165, 1.54) is 32.1 Å². The van der Waals surface area contributed by atoms with Crippen LogP contribution in [0.1, 0.15) is 32.1 Å². The third-order valence-corrected chi connectivity index (χ3v) is 6.25. The molecule has 0 heterocycles. The van der Waals surface area contributed by atoms with Crippen LogP contribution in [0.15, 0.2) is 0 Å². The van der Waals surface area contributed by atoms with E-state index in [0.29, 0.717) is 19.0 Å². The van der Waals surface area contributed by atoms with Crippen LogP contribution in [0.2, 0.25) is 0 Å². The highest BCUT2D eigenvalue weighted by molar-refractivity contribution is 5.37. The molecule has 0 saturated heterocycles. The number of rotatable bonds is 3. The number of carbonyl (C=O) groups is 1. The second kappa shape index (κ2) is 3.24. The molecule has 4 bridgehead atoms. The zero-order valence-corrected chi connectivity index (χ0v) is 9.68. The summed E-state index contributed by atoms with van der Waals surface area (Å²) in [5.74, 6) is 6.84. The van der Waals surface area contributed by atoms with E-state index in [0.717, 1.165) is 35.5 Å². The summed E-state index contributed by atoms with van der Waals surface area (Å²) in [5, 5.41) is 0. The predicted octanol–water partition coefficient (Wildman–Crippen LogP) is 2.48. The molecule has 4 saturated carbocycles. The molecule has 0 aliphatic heterocycles. The van der Waals surface area contributed by atoms with E-state index in [4.69, 9.17) is 4.74 Å². The van der Waals surface area contributed by atoms with Gasteiger partial charge in [-0.25, -0.2) is 0 Å². The van der Waals surface area contributed by atoms with Gasteiger partial charge in [-0.2, -0.15) is 0 Å². The molecule has 16 heavy (non-hydrogen) atoms. The Hall–Kier alpha value is -0.530. The van der Waals surface area contributed by atoms with Gasteiger partial charge in [-0.05, 0) is 73.5 Å². The number of ether oxygens (including phenoxy) is 1. The Balaban J connectivity index is 1.54. The standard InChI is InChI=1S/C14H20O2/c15-7-16-6-11-4-10-5-12(11)14-9-2-1-8(3-9)13(10)14/h7-14H,1-6H2. The van der Waals surface area contributed by atoms with Crippen LogP contribution >= 0.6 is 0 Å². The largest absolute Gasteiger partial charge is 0.468 e. The van der Waals surface area contributed by atoms with E-state index in [1.54, 1.807) is 0 Å². The zero-order chi connectivity index (χ0) is 10.7. The first-order valence-corrected chi connectivity index (χ1v) is 6.93. The molecular weight excluding hydrogens is 200 g/mol. The van der Waals surface area contributed by atoms with Crippen LogP contribution in [0.3, 0.4) is 0 Å². The lowest BCUT2D eigenvalue weighted by molar-refractivity contribution is -0.131. The molecule has 4 aliphatic carbocycles. The van der Waals surface area contributed by atoms with Gasteiger partial charge >= 0.3 is 0 Å². The number of carbonyl (C=O) groups excluding carboxylic acids is 1. The van der Waals surface area contributed by atoms with Crippen LogP contribution in [-0.4, -0.2) is 13.1 Å². The lowest BCUT2D eigenvalue weighted by Gasteiger charge is -2.38. The topological polar surface area (TPSA) is 26.3 Å². The average Bonchev–Trinajstić information content (AvgIpc) is 3.02. The first-order chi connectivity index (χ1) is 7.88. The normalized spacial score (nSPS) is 56.6. The highest BCUT2D eigenvalue weighted by Crippen LogP contribution is 2.68. The van der Waals surface area contributed by atoms with Gasteiger partial charge in [0.2, 0.25) is 0 Å². The minimum Gasteiger partial charge on any atom is -0.468 e. The summed E-state index contributed by atoms with van der Waals surface area (Å²) in [5.41, 5.74) is 0. The van der Waals surface area contributed by atoms with Crippen LogP contribution in [0.5, 0.6) is 0 Å². The summed E-state index contributed by atoms with van der Waals surface area (Å²) >= 11 is 0.